The molecule has 4 rings (SSSR count). The fourth-order valence-electron chi connectivity index (χ4n) is 3.54. The number of aryl methyl sites for hydroxylation is 3. The van der Waals surface area contributed by atoms with Crippen LogP contribution >= 0.6 is 0 Å². The van der Waals surface area contributed by atoms with Crippen LogP contribution in [0.1, 0.15) is 27.8 Å². The van der Waals surface area contributed by atoms with E-state index in [1.807, 2.05) is 0 Å². The maximum atomic E-state index is 2.33. The molecule has 0 aliphatic heterocycles. The van der Waals surface area contributed by atoms with Gasteiger partial charge in [0, 0.05) is 23.5 Å². The van der Waals surface area contributed by atoms with E-state index in [4.69, 9.17) is 0 Å². The Hall–Kier alpha value is -2.80. The van der Waals surface area contributed by atoms with E-state index in [1.165, 1.54) is 44.5 Å². The Morgan fingerprint density at radius 3 is 2.24 bits per heavy atom. The summed E-state index contributed by atoms with van der Waals surface area (Å²) >= 11 is 0. The molecule has 0 atom stereocenters. The molecule has 0 fully saturated rings. The summed E-state index contributed by atoms with van der Waals surface area (Å²) in [6.07, 6.45) is 5.46. The van der Waals surface area contributed by atoms with Gasteiger partial charge in [0.2, 0.25) is 0 Å². The van der Waals surface area contributed by atoms with Crippen molar-refractivity contribution in [1.82, 2.24) is 4.40 Å². The fraction of sp³-hybridized carbons (Fsp3) is 0.167. The molecule has 0 bridgehead atoms. The Kier molecular flexibility index (Phi) is 3.93. The molecule has 0 radical (unpaired) electrons. The molecule has 1 heteroatoms. The van der Waals surface area contributed by atoms with Gasteiger partial charge in [-0.3, -0.25) is 0 Å². The molecule has 0 saturated carbocycles. The predicted molar refractivity (Wildman–Crippen MR) is 106 cm³/mol. The SMILES string of the molecule is Cc1ccc(Cc2cc3cc(-c4ccccc4)cn3cc2C)c(C)c1. The summed E-state index contributed by atoms with van der Waals surface area (Å²) in [5, 5.41) is 0. The molecule has 0 aliphatic rings. The van der Waals surface area contributed by atoms with Crippen molar-refractivity contribution in [2.45, 2.75) is 27.2 Å². The number of fused-ring (bicyclic) bond motifs is 1. The second kappa shape index (κ2) is 6.25. The largest absolute Gasteiger partial charge is 0.323 e. The predicted octanol–water partition coefficient (Wildman–Crippen LogP) is 6.12. The van der Waals surface area contributed by atoms with Gasteiger partial charge in [-0.2, -0.15) is 0 Å². The summed E-state index contributed by atoms with van der Waals surface area (Å²) in [6, 6.07) is 21.9. The van der Waals surface area contributed by atoms with Gasteiger partial charge < -0.3 is 4.40 Å². The minimum atomic E-state index is 0.986. The Balaban J connectivity index is 1.74. The van der Waals surface area contributed by atoms with E-state index in [2.05, 4.69) is 98.2 Å². The highest BCUT2D eigenvalue weighted by Crippen LogP contribution is 2.25. The first kappa shape index (κ1) is 15.7. The molecule has 0 spiro atoms. The summed E-state index contributed by atoms with van der Waals surface area (Å²) in [7, 11) is 0. The number of aromatic nitrogens is 1. The molecule has 0 unspecified atom stereocenters. The topological polar surface area (TPSA) is 4.41 Å². The van der Waals surface area contributed by atoms with Gasteiger partial charge in [-0.15, -0.1) is 0 Å². The molecule has 2 heterocycles. The molecule has 0 N–H and O–H groups in total. The van der Waals surface area contributed by atoms with Crippen molar-refractivity contribution in [3.63, 3.8) is 0 Å². The molecular formula is C24H23N. The summed E-state index contributed by atoms with van der Waals surface area (Å²) in [5.74, 6) is 0. The Bertz CT molecular complexity index is 1040. The molecule has 2 aromatic heterocycles. The van der Waals surface area contributed by atoms with Gasteiger partial charge in [-0.1, -0.05) is 54.1 Å². The van der Waals surface area contributed by atoms with Gasteiger partial charge in [-0.05, 0) is 67.1 Å². The van der Waals surface area contributed by atoms with Gasteiger partial charge in [-0.25, -0.2) is 0 Å². The van der Waals surface area contributed by atoms with Crippen molar-refractivity contribution in [2.75, 3.05) is 0 Å². The summed E-state index contributed by atoms with van der Waals surface area (Å²) < 4.78 is 2.24. The van der Waals surface area contributed by atoms with Crippen LogP contribution in [-0.2, 0) is 6.42 Å². The molecule has 4 aromatic rings. The van der Waals surface area contributed by atoms with Gasteiger partial charge in [0.15, 0.2) is 0 Å². The van der Waals surface area contributed by atoms with Crippen LogP contribution in [0.5, 0.6) is 0 Å². The fourth-order valence-corrected chi connectivity index (χ4v) is 3.54. The van der Waals surface area contributed by atoms with Crippen LogP contribution in [0.25, 0.3) is 16.6 Å². The Morgan fingerprint density at radius 1 is 0.680 bits per heavy atom. The zero-order valence-corrected chi connectivity index (χ0v) is 15.1. The first-order chi connectivity index (χ1) is 12.1. The lowest BCUT2D eigenvalue weighted by atomic mass is 9.97. The molecule has 25 heavy (non-hydrogen) atoms. The lowest BCUT2D eigenvalue weighted by Crippen LogP contribution is -1.97. The third kappa shape index (κ3) is 3.10. The van der Waals surface area contributed by atoms with Crippen LogP contribution in [0, 0.1) is 20.8 Å². The van der Waals surface area contributed by atoms with Crippen LogP contribution in [0.15, 0.2) is 73.1 Å². The number of hydrogen-bond donors (Lipinski definition) is 0. The number of benzene rings is 2. The Morgan fingerprint density at radius 2 is 1.48 bits per heavy atom. The van der Waals surface area contributed by atoms with Crippen molar-refractivity contribution in [1.29, 1.82) is 0 Å². The second-order valence-corrected chi connectivity index (χ2v) is 7.02. The molecule has 124 valence electrons. The zero-order chi connectivity index (χ0) is 17.4. The first-order valence-corrected chi connectivity index (χ1v) is 8.83. The van der Waals surface area contributed by atoms with E-state index in [0.717, 1.165) is 6.42 Å². The highest BCUT2D eigenvalue weighted by Gasteiger charge is 2.08. The average molecular weight is 325 g/mol. The van der Waals surface area contributed by atoms with Crippen LogP contribution in [0.4, 0.5) is 0 Å². The van der Waals surface area contributed by atoms with E-state index >= 15 is 0 Å². The standard InChI is InChI=1S/C24H23N/c1-17-9-10-21(18(2)11-17)12-22-13-24-14-23(16-25(24)15-19(22)3)20-7-5-4-6-8-20/h4-11,13-16H,12H2,1-3H3. The number of nitrogens with zero attached hydrogens (tertiary/aromatic N) is 1. The molecule has 2 aromatic carbocycles. The molecule has 0 aliphatic carbocycles. The van der Waals surface area contributed by atoms with Crippen molar-refractivity contribution in [3.05, 3.63) is 101 Å². The van der Waals surface area contributed by atoms with E-state index in [1.54, 1.807) is 0 Å². The third-order valence-electron chi connectivity index (χ3n) is 5.03. The van der Waals surface area contributed by atoms with Crippen molar-refractivity contribution >= 4 is 5.52 Å². The average Bonchev–Trinajstić information content (AvgIpc) is 3.01. The maximum absolute atomic E-state index is 2.33. The molecule has 1 nitrogen and oxygen atoms in total. The number of rotatable bonds is 3. The molecular weight excluding hydrogens is 302 g/mol. The van der Waals surface area contributed by atoms with Gasteiger partial charge in [0.05, 0.1) is 0 Å². The summed E-state index contributed by atoms with van der Waals surface area (Å²) in [4.78, 5) is 0. The van der Waals surface area contributed by atoms with E-state index in [9.17, 15) is 0 Å². The quantitative estimate of drug-likeness (QED) is 0.427. The third-order valence-corrected chi connectivity index (χ3v) is 5.03. The minimum absolute atomic E-state index is 0.986. The van der Waals surface area contributed by atoms with Gasteiger partial charge >= 0.3 is 0 Å². The number of pyridine rings is 1. The van der Waals surface area contributed by atoms with Crippen molar-refractivity contribution in [3.8, 4) is 11.1 Å². The second-order valence-electron chi connectivity index (χ2n) is 7.02. The maximum Gasteiger partial charge on any atom is 0.0459 e. The van der Waals surface area contributed by atoms with E-state index in [0.29, 0.717) is 0 Å². The Labute approximate surface area is 149 Å². The summed E-state index contributed by atoms with van der Waals surface area (Å²) in [6.45, 7) is 6.57. The van der Waals surface area contributed by atoms with Crippen LogP contribution in [0.3, 0.4) is 0 Å². The first-order valence-electron chi connectivity index (χ1n) is 8.83. The van der Waals surface area contributed by atoms with Gasteiger partial charge in [0.25, 0.3) is 0 Å². The van der Waals surface area contributed by atoms with Crippen molar-refractivity contribution < 1.29 is 0 Å². The lowest BCUT2D eigenvalue weighted by Gasteiger charge is -2.10. The minimum Gasteiger partial charge on any atom is -0.323 e. The highest BCUT2D eigenvalue weighted by molar-refractivity contribution is 5.71. The molecule has 0 amide bonds. The van der Waals surface area contributed by atoms with E-state index in [-0.39, 0.29) is 0 Å². The smallest absolute Gasteiger partial charge is 0.0459 e. The lowest BCUT2D eigenvalue weighted by molar-refractivity contribution is 1.08. The number of hydrogen-bond acceptors (Lipinski definition) is 0. The van der Waals surface area contributed by atoms with Crippen LogP contribution < -0.4 is 0 Å². The molecule has 0 saturated heterocycles. The zero-order valence-electron chi connectivity index (χ0n) is 15.1. The van der Waals surface area contributed by atoms with Crippen LogP contribution in [-0.4, -0.2) is 4.40 Å². The highest BCUT2D eigenvalue weighted by atomic mass is 14.9. The van der Waals surface area contributed by atoms with E-state index < -0.39 is 0 Å². The van der Waals surface area contributed by atoms with Crippen molar-refractivity contribution in [2.24, 2.45) is 0 Å². The normalized spacial score (nSPS) is 11.2. The monoisotopic (exact) mass is 325 g/mol. The van der Waals surface area contributed by atoms with Gasteiger partial charge in [0.1, 0.15) is 0 Å². The summed E-state index contributed by atoms with van der Waals surface area (Å²) in [5.41, 5.74) is 10.6. The van der Waals surface area contributed by atoms with Crippen LogP contribution in [0.2, 0.25) is 0 Å².